The van der Waals surface area contributed by atoms with E-state index in [-0.39, 0.29) is 10.6 Å². The number of halogens is 1. The number of hydrogen-bond donors (Lipinski definition) is 1. The van der Waals surface area contributed by atoms with Crippen LogP contribution in [0.2, 0.25) is 0 Å². The number of nitro groups is 1. The maximum atomic E-state index is 11.3. The van der Waals surface area contributed by atoms with Crippen molar-refractivity contribution in [1.82, 2.24) is 4.98 Å². The van der Waals surface area contributed by atoms with Crippen LogP contribution in [0.1, 0.15) is 32.1 Å². The molecule has 116 valence electrons. The minimum atomic E-state index is -0.363. The van der Waals surface area contributed by atoms with Gasteiger partial charge < -0.3 is 5.32 Å². The van der Waals surface area contributed by atoms with Crippen molar-refractivity contribution in [3.63, 3.8) is 0 Å². The molecule has 1 N–H and O–H groups in total. The Balaban J connectivity index is 1.93. The molecule has 3 rings (SSSR count). The van der Waals surface area contributed by atoms with Crippen molar-refractivity contribution in [1.29, 1.82) is 0 Å². The van der Waals surface area contributed by atoms with Crippen molar-refractivity contribution in [2.24, 2.45) is 5.92 Å². The average Bonchev–Trinajstić information content (AvgIpc) is 2.53. The molecule has 0 saturated heterocycles. The standard InChI is InChI=1S/C16H18BrN3O2/c17-12-6-7-13-14(8-12)18-10-15(20(21)22)16(13)19-9-11-4-2-1-3-5-11/h6-8,10-11H,1-5,9H2,(H,18,19). The Labute approximate surface area is 137 Å². The highest BCUT2D eigenvalue weighted by Crippen LogP contribution is 2.34. The van der Waals surface area contributed by atoms with Gasteiger partial charge in [-0.25, -0.2) is 4.98 Å². The van der Waals surface area contributed by atoms with Gasteiger partial charge in [-0.2, -0.15) is 0 Å². The number of benzene rings is 1. The largest absolute Gasteiger partial charge is 0.379 e. The van der Waals surface area contributed by atoms with Gasteiger partial charge in [-0.3, -0.25) is 10.1 Å². The van der Waals surface area contributed by atoms with Crippen LogP contribution in [0.15, 0.2) is 28.9 Å². The number of hydrogen-bond acceptors (Lipinski definition) is 4. The molecule has 1 saturated carbocycles. The molecule has 1 aliphatic carbocycles. The Morgan fingerprint density at radius 2 is 2.09 bits per heavy atom. The van der Waals surface area contributed by atoms with E-state index in [0.717, 1.165) is 21.9 Å². The fourth-order valence-corrected chi connectivity index (χ4v) is 3.47. The van der Waals surface area contributed by atoms with Crippen LogP contribution < -0.4 is 5.32 Å². The summed E-state index contributed by atoms with van der Waals surface area (Å²) in [6.07, 6.45) is 7.59. The fraction of sp³-hybridized carbons (Fsp3) is 0.438. The Hall–Kier alpha value is -1.69. The van der Waals surface area contributed by atoms with Gasteiger partial charge in [-0.05, 0) is 37.0 Å². The molecule has 5 nitrogen and oxygen atoms in total. The molecule has 0 atom stereocenters. The molecule has 1 fully saturated rings. The molecule has 1 aliphatic rings. The minimum absolute atomic E-state index is 0.0469. The van der Waals surface area contributed by atoms with Gasteiger partial charge in [0.1, 0.15) is 11.9 Å². The first-order valence-corrected chi connectivity index (χ1v) is 8.41. The van der Waals surface area contributed by atoms with Gasteiger partial charge in [0.2, 0.25) is 0 Å². The number of aromatic nitrogens is 1. The lowest BCUT2D eigenvalue weighted by atomic mass is 9.89. The maximum absolute atomic E-state index is 11.3. The summed E-state index contributed by atoms with van der Waals surface area (Å²) in [4.78, 5) is 15.1. The zero-order valence-corrected chi connectivity index (χ0v) is 13.8. The normalized spacial score (nSPS) is 15.9. The number of nitrogens with one attached hydrogen (secondary N) is 1. The number of fused-ring (bicyclic) bond motifs is 1. The monoisotopic (exact) mass is 363 g/mol. The predicted octanol–water partition coefficient (Wildman–Crippen LogP) is 4.90. The van der Waals surface area contributed by atoms with Gasteiger partial charge in [0.25, 0.3) is 0 Å². The van der Waals surface area contributed by atoms with E-state index in [2.05, 4.69) is 26.2 Å². The van der Waals surface area contributed by atoms with Crippen molar-refractivity contribution in [2.75, 3.05) is 11.9 Å². The Morgan fingerprint density at radius 1 is 1.32 bits per heavy atom. The van der Waals surface area contributed by atoms with Crippen molar-refractivity contribution in [3.8, 4) is 0 Å². The zero-order valence-electron chi connectivity index (χ0n) is 12.2. The number of nitrogens with zero attached hydrogens (tertiary/aromatic N) is 2. The number of pyridine rings is 1. The van der Waals surface area contributed by atoms with E-state index >= 15 is 0 Å². The Bertz CT molecular complexity index is 699. The van der Waals surface area contributed by atoms with Gasteiger partial charge in [-0.1, -0.05) is 35.2 Å². The summed E-state index contributed by atoms with van der Waals surface area (Å²) in [6.45, 7) is 0.788. The van der Waals surface area contributed by atoms with E-state index in [1.165, 1.54) is 38.3 Å². The highest BCUT2D eigenvalue weighted by atomic mass is 79.9. The molecule has 0 unspecified atom stereocenters. The van der Waals surface area contributed by atoms with E-state index in [0.29, 0.717) is 11.6 Å². The molecule has 0 spiro atoms. The lowest BCUT2D eigenvalue weighted by Gasteiger charge is -2.22. The summed E-state index contributed by atoms with van der Waals surface area (Å²) in [5.41, 5.74) is 1.39. The van der Waals surface area contributed by atoms with Crippen LogP contribution in [-0.2, 0) is 0 Å². The molecule has 2 aromatic rings. The third kappa shape index (κ3) is 3.21. The predicted molar refractivity (Wildman–Crippen MR) is 91.2 cm³/mol. The minimum Gasteiger partial charge on any atom is -0.379 e. The van der Waals surface area contributed by atoms with Crippen molar-refractivity contribution < 1.29 is 4.92 Å². The molecular weight excluding hydrogens is 346 g/mol. The second-order valence-corrected chi connectivity index (χ2v) is 6.74. The third-order valence-electron chi connectivity index (χ3n) is 4.30. The summed E-state index contributed by atoms with van der Waals surface area (Å²) < 4.78 is 0.916. The SMILES string of the molecule is O=[N+]([O-])c1cnc2cc(Br)ccc2c1NCC1CCCCC1. The second-order valence-electron chi connectivity index (χ2n) is 5.82. The second kappa shape index (κ2) is 6.60. The van der Waals surface area contributed by atoms with Crippen molar-refractivity contribution in [2.45, 2.75) is 32.1 Å². The van der Waals surface area contributed by atoms with Gasteiger partial charge in [0, 0.05) is 16.4 Å². The highest BCUT2D eigenvalue weighted by molar-refractivity contribution is 9.10. The lowest BCUT2D eigenvalue weighted by molar-refractivity contribution is -0.384. The van der Waals surface area contributed by atoms with Gasteiger partial charge in [0.05, 0.1) is 10.4 Å². The average molecular weight is 364 g/mol. The molecule has 0 aliphatic heterocycles. The van der Waals surface area contributed by atoms with Gasteiger partial charge in [0.15, 0.2) is 0 Å². The van der Waals surface area contributed by atoms with Gasteiger partial charge in [-0.15, -0.1) is 0 Å². The molecule has 0 bridgehead atoms. The van der Waals surface area contributed by atoms with Crippen LogP contribution in [-0.4, -0.2) is 16.5 Å². The van der Waals surface area contributed by atoms with E-state index in [1.54, 1.807) is 0 Å². The summed E-state index contributed by atoms with van der Waals surface area (Å²) >= 11 is 3.41. The summed E-state index contributed by atoms with van der Waals surface area (Å²) in [5.74, 6) is 0.604. The Kier molecular flexibility index (Phi) is 4.57. The lowest BCUT2D eigenvalue weighted by Crippen LogP contribution is -2.18. The van der Waals surface area contributed by atoms with Crippen molar-refractivity contribution in [3.05, 3.63) is 39.0 Å². The van der Waals surface area contributed by atoms with E-state index in [1.807, 2.05) is 18.2 Å². The summed E-state index contributed by atoms with van der Waals surface area (Å²) in [5, 5.41) is 15.4. The molecule has 1 heterocycles. The molecule has 0 amide bonds. The van der Waals surface area contributed by atoms with Crippen LogP contribution in [0.4, 0.5) is 11.4 Å². The van der Waals surface area contributed by atoms with E-state index in [9.17, 15) is 10.1 Å². The molecule has 1 aromatic heterocycles. The summed E-state index contributed by atoms with van der Waals surface area (Å²) in [6, 6.07) is 5.65. The first-order chi connectivity index (χ1) is 10.6. The molecule has 22 heavy (non-hydrogen) atoms. The van der Waals surface area contributed by atoms with Crippen LogP contribution in [0, 0.1) is 16.0 Å². The smallest absolute Gasteiger partial charge is 0.311 e. The van der Waals surface area contributed by atoms with Crippen LogP contribution in [0.3, 0.4) is 0 Å². The van der Waals surface area contributed by atoms with Gasteiger partial charge >= 0.3 is 5.69 Å². The molecule has 1 aromatic carbocycles. The highest BCUT2D eigenvalue weighted by Gasteiger charge is 2.20. The van der Waals surface area contributed by atoms with Crippen molar-refractivity contribution >= 4 is 38.2 Å². The van der Waals surface area contributed by atoms with Crippen LogP contribution in [0.5, 0.6) is 0 Å². The van der Waals surface area contributed by atoms with E-state index < -0.39 is 0 Å². The molecule has 6 heteroatoms. The Morgan fingerprint density at radius 3 is 2.82 bits per heavy atom. The first kappa shape index (κ1) is 15.2. The van der Waals surface area contributed by atoms with Crippen LogP contribution in [0.25, 0.3) is 10.9 Å². The zero-order chi connectivity index (χ0) is 15.5. The first-order valence-electron chi connectivity index (χ1n) is 7.61. The maximum Gasteiger partial charge on any atom is 0.311 e. The topological polar surface area (TPSA) is 68.1 Å². The number of anilines is 1. The third-order valence-corrected chi connectivity index (χ3v) is 4.79. The summed E-state index contributed by atoms with van der Waals surface area (Å²) in [7, 11) is 0. The quantitative estimate of drug-likeness (QED) is 0.619. The number of rotatable bonds is 4. The fourth-order valence-electron chi connectivity index (χ4n) is 3.12. The molecular formula is C16H18BrN3O2. The van der Waals surface area contributed by atoms with Crippen LogP contribution >= 0.6 is 15.9 Å². The van der Waals surface area contributed by atoms with E-state index in [4.69, 9.17) is 0 Å². The molecule has 0 radical (unpaired) electrons.